The highest BCUT2D eigenvalue weighted by molar-refractivity contribution is 9.10. The first-order valence-electron chi connectivity index (χ1n) is 6.77. The third-order valence-corrected chi connectivity index (χ3v) is 4.76. The number of rotatable bonds is 3. The maximum Gasteiger partial charge on any atom is 0.0753 e. The lowest BCUT2D eigenvalue weighted by molar-refractivity contribution is 0.637. The van der Waals surface area contributed by atoms with E-state index in [1.54, 1.807) is 0 Å². The Hall–Kier alpha value is -1.75. The van der Waals surface area contributed by atoms with Crippen molar-refractivity contribution in [1.29, 1.82) is 0 Å². The van der Waals surface area contributed by atoms with Gasteiger partial charge in [0.15, 0.2) is 0 Å². The molecule has 3 N–H and O–H groups in total. The minimum Gasteiger partial charge on any atom is -0.271 e. The lowest BCUT2D eigenvalue weighted by atomic mass is 9.96. The van der Waals surface area contributed by atoms with Gasteiger partial charge in [0.1, 0.15) is 0 Å². The zero-order valence-electron chi connectivity index (χ0n) is 11.7. The molecule has 3 aromatic rings. The second kappa shape index (κ2) is 5.93. The van der Waals surface area contributed by atoms with E-state index in [1.165, 1.54) is 5.56 Å². The van der Waals surface area contributed by atoms with Gasteiger partial charge in [0.05, 0.1) is 11.6 Å². The SMILES string of the molecule is Cc1cccc(C(NN)c2cccc3cccnc23)c1Br. The van der Waals surface area contributed by atoms with Crippen molar-refractivity contribution in [2.75, 3.05) is 0 Å². The Morgan fingerprint density at radius 2 is 1.76 bits per heavy atom. The molecular formula is C17H16BrN3. The summed E-state index contributed by atoms with van der Waals surface area (Å²) in [7, 11) is 0. The molecule has 1 heterocycles. The van der Waals surface area contributed by atoms with Gasteiger partial charge in [-0.15, -0.1) is 0 Å². The van der Waals surface area contributed by atoms with Crippen LogP contribution in [0.5, 0.6) is 0 Å². The summed E-state index contributed by atoms with van der Waals surface area (Å²) in [5.41, 5.74) is 7.25. The summed E-state index contributed by atoms with van der Waals surface area (Å²) in [5, 5.41) is 1.11. The second-order valence-corrected chi connectivity index (χ2v) is 5.79. The summed E-state index contributed by atoms with van der Waals surface area (Å²) in [5.74, 6) is 5.85. The molecule has 2 aromatic carbocycles. The largest absolute Gasteiger partial charge is 0.271 e. The fourth-order valence-corrected chi connectivity index (χ4v) is 3.09. The number of pyridine rings is 1. The number of hydrogen-bond donors (Lipinski definition) is 2. The second-order valence-electron chi connectivity index (χ2n) is 5.00. The van der Waals surface area contributed by atoms with Crippen molar-refractivity contribution < 1.29 is 0 Å². The van der Waals surface area contributed by atoms with E-state index in [1.807, 2.05) is 24.4 Å². The Morgan fingerprint density at radius 1 is 1.05 bits per heavy atom. The minimum atomic E-state index is -0.113. The van der Waals surface area contributed by atoms with Crippen molar-refractivity contribution >= 4 is 26.8 Å². The summed E-state index contributed by atoms with van der Waals surface area (Å²) in [6.45, 7) is 2.07. The normalized spacial score (nSPS) is 12.5. The molecule has 0 radical (unpaired) electrons. The number of fused-ring (bicyclic) bond motifs is 1. The average Bonchev–Trinajstić information content (AvgIpc) is 2.52. The molecular weight excluding hydrogens is 326 g/mol. The number of benzene rings is 2. The molecule has 21 heavy (non-hydrogen) atoms. The van der Waals surface area contributed by atoms with Gasteiger partial charge in [-0.2, -0.15) is 0 Å². The third-order valence-electron chi connectivity index (χ3n) is 3.67. The van der Waals surface area contributed by atoms with Crippen LogP contribution in [0, 0.1) is 6.92 Å². The van der Waals surface area contributed by atoms with Gasteiger partial charge < -0.3 is 0 Å². The van der Waals surface area contributed by atoms with Crippen LogP contribution in [-0.4, -0.2) is 4.98 Å². The predicted octanol–water partition coefficient (Wildman–Crippen LogP) is 3.86. The van der Waals surface area contributed by atoms with E-state index in [-0.39, 0.29) is 6.04 Å². The van der Waals surface area contributed by atoms with Crippen molar-refractivity contribution in [2.45, 2.75) is 13.0 Å². The van der Waals surface area contributed by atoms with E-state index in [2.05, 4.69) is 63.6 Å². The van der Waals surface area contributed by atoms with Crippen molar-refractivity contribution in [1.82, 2.24) is 10.4 Å². The number of aryl methyl sites for hydroxylation is 1. The molecule has 0 bridgehead atoms. The molecule has 0 aliphatic carbocycles. The lowest BCUT2D eigenvalue weighted by Crippen LogP contribution is -2.29. The molecule has 0 saturated heterocycles. The number of nitrogens with two attached hydrogens (primary N) is 1. The molecule has 1 atom stereocenters. The number of hydrogen-bond acceptors (Lipinski definition) is 3. The first kappa shape index (κ1) is 14.2. The van der Waals surface area contributed by atoms with E-state index in [0.717, 1.165) is 26.5 Å². The topological polar surface area (TPSA) is 50.9 Å². The smallest absolute Gasteiger partial charge is 0.0753 e. The predicted molar refractivity (Wildman–Crippen MR) is 89.8 cm³/mol. The quantitative estimate of drug-likeness (QED) is 0.561. The monoisotopic (exact) mass is 341 g/mol. The first-order chi connectivity index (χ1) is 10.2. The third kappa shape index (κ3) is 2.58. The van der Waals surface area contributed by atoms with Crippen LogP contribution in [-0.2, 0) is 0 Å². The minimum absolute atomic E-state index is 0.113. The van der Waals surface area contributed by atoms with Gasteiger partial charge >= 0.3 is 0 Å². The van der Waals surface area contributed by atoms with Crippen molar-refractivity contribution in [3.05, 3.63) is 75.9 Å². The molecule has 0 aliphatic rings. The molecule has 4 heteroatoms. The molecule has 3 rings (SSSR count). The van der Waals surface area contributed by atoms with Crippen molar-refractivity contribution in [2.24, 2.45) is 5.84 Å². The van der Waals surface area contributed by atoms with Crippen molar-refractivity contribution in [3.8, 4) is 0 Å². The fourth-order valence-electron chi connectivity index (χ4n) is 2.60. The van der Waals surface area contributed by atoms with E-state index >= 15 is 0 Å². The Kier molecular flexibility index (Phi) is 4.01. The van der Waals surface area contributed by atoms with Crippen molar-refractivity contribution in [3.63, 3.8) is 0 Å². The zero-order valence-corrected chi connectivity index (χ0v) is 13.3. The number of para-hydroxylation sites is 1. The summed E-state index contributed by atoms with van der Waals surface area (Å²) in [4.78, 5) is 4.52. The van der Waals surface area contributed by atoms with E-state index in [9.17, 15) is 0 Å². The van der Waals surface area contributed by atoms with Gasteiger partial charge in [-0.1, -0.05) is 58.4 Å². The Labute approximate surface area is 132 Å². The van der Waals surface area contributed by atoms with Gasteiger partial charge in [0, 0.05) is 21.6 Å². The molecule has 0 saturated carbocycles. The summed E-state index contributed by atoms with van der Waals surface area (Å²) in [6.07, 6.45) is 1.81. The highest BCUT2D eigenvalue weighted by Crippen LogP contribution is 2.32. The number of hydrazine groups is 1. The number of aromatic nitrogens is 1. The zero-order chi connectivity index (χ0) is 14.8. The van der Waals surface area contributed by atoms with E-state index in [0.29, 0.717) is 0 Å². The molecule has 0 spiro atoms. The van der Waals surface area contributed by atoms with Crippen LogP contribution in [0.15, 0.2) is 59.2 Å². The Bertz CT molecular complexity index is 781. The molecule has 3 nitrogen and oxygen atoms in total. The van der Waals surface area contributed by atoms with Crippen LogP contribution in [0.3, 0.4) is 0 Å². The number of halogens is 1. The van der Waals surface area contributed by atoms with Gasteiger partial charge in [0.25, 0.3) is 0 Å². The molecule has 0 amide bonds. The van der Waals surface area contributed by atoms with Gasteiger partial charge in [-0.05, 0) is 24.1 Å². The molecule has 0 aliphatic heterocycles. The number of nitrogens with zero attached hydrogens (tertiary/aromatic N) is 1. The Balaban J connectivity index is 2.21. The van der Waals surface area contributed by atoms with E-state index < -0.39 is 0 Å². The fraction of sp³-hybridized carbons (Fsp3) is 0.118. The molecule has 1 aromatic heterocycles. The van der Waals surface area contributed by atoms with Gasteiger partial charge in [0.2, 0.25) is 0 Å². The first-order valence-corrected chi connectivity index (χ1v) is 7.56. The summed E-state index contributed by atoms with van der Waals surface area (Å²) >= 11 is 3.67. The number of nitrogens with one attached hydrogen (secondary N) is 1. The molecule has 1 unspecified atom stereocenters. The van der Waals surface area contributed by atoms with Crippen LogP contribution >= 0.6 is 15.9 Å². The average molecular weight is 342 g/mol. The molecule has 106 valence electrons. The lowest BCUT2D eigenvalue weighted by Gasteiger charge is -2.20. The van der Waals surface area contributed by atoms with Crippen LogP contribution in [0.25, 0.3) is 10.9 Å². The van der Waals surface area contributed by atoms with Crippen LogP contribution in [0.2, 0.25) is 0 Å². The van der Waals surface area contributed by atoms with Gasteiger partial charge in [-0.3, -0.25) is 10.8 Å². The Morgan fingerprint density at radius 3 is 2.57 bits per heavy atom. The standard InChI is InChI=1S/C17H16BrN3/c1-11-5-2-8-13(15(11)18)17(21-19)14-9-3-6-12-7-4-10-20-16(12)14/h2-10,17,21H,19H2,1H3. The maximum atomic E-state index is 5.85. The highest BCUT2D eigenvalue weighted by Gasteiger charge is 2.18. The maximum absolute atomic E-state index is 5.85. The van der Waals surface area contributed by atoms with Crippen LogP contribution in [0.4, 0.5) is 0 Å². The summed E-state index contributed by atoms with van der Waals surface area (Å²) < 4.78 is 1.07. The van der Waals surface area contributed by atoms with Crippen LogP contribution < -0.4 is 11.3 Å². The van der Waals surface area contributed by atoms with E-state index in [4.69, 9.17) is 5.84 Å². The highest BCUT2D eigenvalue weighted by atomic mass is 79.9. The van der Waals surface area contributed by atoms with Crippen LogP contribution in [0.1, 0.15) is 22.7 Å². The summed E-state index contributed by atoms with van der Waals surface area (Å²) in [6, 6.07) is 16.2. The molecule has 0 fully saturated rings. The van der Waals surface area contributed by atoms with Gasteiger partial charge in [-0.25, -0.2) is 5.43 Å².